The molecule has 128 valence electrons. The van der Waals surface area contributed by atoms with Gasteiger partial charge in [-0.1, -0.05) is 30.3 Å². The summed E-state index contributed by atoms with van der Waals surface area (Å²) >= 11 is 3.56. The van der Waals surface area contributed by atoms with Crippen LogP contribution in [0.3, 0.4) is 0 Å². The second-order valence-electron chi connectivity index (χ2n) is 5.69. The lowest BCUT2D eigenvalue weighted by molar-refractivity contribution is -0.123. The Labute approximate surface area is 150 Å². The molecule has 1 aliphatic rings. The maximum atomic E-state index is 11.9. The van der Waals surface area contributed by atoms with Crippen molar-refractivity contribution in [3.63, 3.8) is 0 Å². The van der Waals surface area contributed by atoms with E-state index in [1.807, 2.05) is 36.4 Å². The highest BCUT2D eigenvalue weighted by atomic mass is 79.9. The summed E-state index contributed by atoms with van der Waals surface area (Å²) in [5.41, 5.74) is 0. The van der Waals surface area contributed by atoms with Gasteiger partial charge in [0.25, 0.3) is 5.91 Å². The van der Waals surface area contributed by atoms with E-state index in [2.05, 4.69) is 26.1 Å². The van der Waals surface area contributed by atoms with Crippen LogP contribution < -0.4 is 10.1 Å². The largest absolute Gasteiger partial charge is 0.483 e. The Bertz CT molecular complexity index is 702. The first-order valence-corrected chi connectivity index (χ1v) is 8.90. The normalized spacial score (nSPS) is 15.4. The van der Waals surface area contributed by atoms with Gasteiger partial charge in [-0.15, -0.1) is 0 Å². The average molecular weight is 393 g/mol. The first-order valence-electron chi connectivity index (χ1n) is 8.11. The zero-order valence-electron chi connectivity index (χ0n) is 13.5. The lowest BCUT2D eigenvalue weighted by Crippen LogP contribution is -2.42. The number of carbonyl (C=O) groups excluding carboxylic acids is 1. The molecule has 0 spiro atoms. The van der Waals surface area contributed by atoms with Crippen LogP contribution >= 0.6 is 15.9 Å². The molecular weight excluding hydrogens is 372 g/mol. The quantitative estimate of drug-likeness (QED) is 0.819. The predicted octanol–water partition coefficient (Wildman–Crippen LogP) is 2.43. The number of fused-ring (bicyclic) bond motifs is 1. The van der Waals surface area contributed by atoms with Crippen molar-refractivity contribution < 1.29 is 14.3 Å². The zero-order chi connectivity index (χ0) is 16.8. The summed E-state index contributed by atoms with van der Waals surface area (Å²) in [4.78, 5) is 14.2. The van der Waals surface area contributed by atoms with Gasteiger partial charge in [-0.05, 0) is 32.8 Å². The van der Waals surface area contributed by atoms with E-state index in [0.29, 0.717) is 12.3 Å². The minimum atomic E-state index is -0.108. The van der Waals surface area contributed by atoms with Gasteiger partial charge in [0, 0.05) is 26.2 Å². The van der Waals surface area contributed by atoms with Crippen molar-refractivity contribution in [3.05, 3.63) is 40.9 Å². The van der Waals surface area contributed by atoms with E-state index in [4.69, 9.17) is 9.47 Å². The number of ether oxygens (including phenoxy) is 2. The second-order valence-corrected chi connectivity index (χ2v) is 6.48. The molecule has 0 unspecified atom stereocenters. The fourth-order valence-electron chi connectivity index (χ4n) is 2.70. The van der Waals surface area contributed by atoms with E-state index in [0.717, 1.165) is 48.1 Å². The van der Waals surface area contributed by atoms with Crippen LogP contribution in [0.1, 0.15) is 0 Å². The van der Waals surface area contributed by atoms with Crippen molar-refractivity contribution in [3.8, 4) is 5.75 Å². The number of halogens is 1. The summed E-state index contributed by atoms with van der Waals surface area (Å²) in [7, 11) is 0. The Morgan fingerprint density at radius 2 is 2.00 bits per heavy atom. The molecule has 1 amide bonds. The Hall–Kier alpha value is -1.63. The fraction of sp³-hybridized carbons (Fsp3) is 0.389. The van der Waals surface area contributed by atoms with E-state index in [1.165, 1.54) is 0 Å². The molecule has 1 heterocycles. The third-order valence-corrected chi connectivity index (χ3v) is 4.86. The van der Waals surface area contributed by atoms with Gasteiger partial charge < -0.3 is 14.8 Å². The van der Waals surface area contributed by atoms with Crippen LogP contribution in [0.15, 0.2) is 40.9 Å². The predicted molar refractivity (Wildman–Crippen MR) is 97.4 cm³/mol. The molecule has 0 radical (unpaired) electrons. The first kappa shape index (κ1) is 17.2. The lowest BCUT2D eigenvalue weighted by Gasteiger charge is -2.26. The molecule has 0 bridgehead atoms. The van der Waals surface area contributed by atoms with Gasteiger partial charge >= 0.3 is 0 Å². The zero-order valence-corrected chi connectivity index (χ0v) is 15.0. The van der Waals surface area contributed by atoms with Crippen LogP contribution in [0.4, 0.5) is 0 Å². The Morgan fingerprint density at radius 3 is 2.83 bits per heavy atom. The van der Waals surface area contributed by atoms with Gasteiger partial charge in [0.05, 0.1) is 17.7 Å². The van der Waals surface area contributed by atoms with Gasteiger partial charge in [-0.25, -0.2) is 0 Å². The van der Waals surface area contributed by atoms with Crippen LogP contribution in [0.5, 0.6) is 5.75 Å². The van der Waals surface area contributed by atoms with Gasteiger partial charge in [-0.3, -0.25) is 9.69 Å². The van der Waals surface area contributed by atoms with Crippen molar-refractivity contribution in [1.82, 2.24) is 10.2 Å². The molecule has 1 aliphatic heterocycles. The molecule has 2 aromatic carbocycles. The number of benzene rings is 2. The summed E-state index contributed by atoms with van der Waals surface area (Å²) in [6.07, 6.45) is 0. The van der Waals surface area contributed by atoms with Crippen molar-refractivity contribution in [2.24, 2.45) is 0 Å². The summed E-state index contributed by atoms with van der Waals surface area (Å²) < 4.78 is 11.8. The fourth-order valence-corrected chi connectivity index (χ4v) is 3.31. The summed E-state index contributed by atoms with van der Waals surface area (Å²) in [6, 6.07) is 11.9. The van der Waals surface area contributed by atoms with Crippen LogP contribution in [0.25, 0.3) is 10.8 Å². The lowest BCUT2D eigenvalue weighted by atomic mass is 10.1. The minimum Gasteiger partial charge on any atom is -0.483 e. The molecule has 0 aromatic heterocycles. The molecule has 5 nitrogen and oxygen atoms in total. The number of hydrogen-bond acceptors (Lipinski definition) is 4. The molecule has 0 aliphatic carbocycles. The number of nitrogens with one attached hydrogen (secondary N) is 1. The van der Waals surface area contributed by atoms with E-state index in [1.54, 1.807) is 0 Å². The molecule has 3 rings (SSSR count). The van der Waals surface area contributed by atoms with Crippen molar-refractivity contribution in [1.29, 1.82) is 0 Å². The van der Waals surface area contributed by atoms with Gasteiger partial charge in [-0.2, -0.15) is 0 Å². The van der Waals surface area contributed by atoms with E-state index < -0.39 is 0 Å². The molecule has 1 fully saturated rings. The number of hydrogen-bond donors (Lipinski definition) is 1. The smallest absolute Gasteiger partial charge is 0.257 e. The van der Waals surface area contributed by atoms with Crippen molar-refractivity contribution >= 4 is 32.6 Å². The third kappa shape index (κ3) is 4.47. The van der Waals surface area contributed by atoms with Gasteiger partial charge in [0.1, 0.15) is 5.75 Å². The van der Waals surface area contributed by atoms with E-state index in [-0.39, 0.29) is 12.5 Å². The topological polar surface area (TPSA) is 50.8 Å². The van der Waals surface area contributed by atoms with E-state index in [9.17, 15) is 4.79 Å². The third-order valence-electron chi connectivity index (χ3n) is 4.04. The highest BCUT2D eigenvalue weighted by molar-refractivity contribution is 9.10. The number of nitrogens with zero attached hydrogens (tertiary/aromatic N) is 1. The highest BCUT2D eigenvalue weighted by Gasteiger charge is 2.11. The molecule has 1 N–H and O–H groups in total. The molecule has 24 heavy (non-hydrogen) atoms. The van der Waals surface area contributed by atoms with Crippen LogP contribution in [0.2, 0.25) is 0 Å². The van der Waals surface area contributed by atoms with Crippen LogP contribution in [-0.2, 0) is 9.53 Å². The summed E-state index contributed by atoms with van der Waals surface area (Å²) in [5.74, 6) is 0.570. The average Bonchev–Trinajstić information content (AvgIpc) is 2.62. The summed E-state index contributed by atoms with van der Waals surface area (Å²) in [6.45, 7) is 4.88. The monoisotopic (exact) mass is 392 g/mol. The van der Waals surface area contributed by atoms with Crippen molar-refractivity contribution in [2.45, 2.75) is 0 Å². The maximum absolute atomic E-state index is 11.9. The molecule has 6 heteroatoms. The standard InChI is InChI=1S/C18H21BrN2O3/c19-18-15-4-2-1-3-14(15)5-6-16(18)24-13-17(22)20-7-8-21-9-11-23-12-10-21/h1-6H,7-13H2,(H,20,22). The molecule has 0 saturated carbocycles. The number of rotatable bonds is 6. The Kier molecular flexibility index (Phi) is 6.07. The number of carbonyl (C=O) groups is 1. The number of amides is 1. The summed E-state index contributed by atoms with van der Waals surface area (Å²) in [5, 5.41) is 5.10. The second kappa shape index (κ2) is 8.46. The molecule has 1 saturated heterocycles. The van der Waals surface area contributed by atoms with Gasteiger partial charge in [0.2, 0.25) is 0 Å². The SMILES string of the molecule is O=C(COc1ccc2ccccc2c1Br)NCCN1CCOCC1. The molecule has 2 aromatic rings. The van der Waals surface area contributed by atoms with Crippen molar-refractivity contribution in [2.75, 3.05) is 46.0 Å². The van der Waals surface area contributed by atoms with Gasteiger partial charge in [0.15, 0.2) is 6.61 Å². The molecular formula is C18H21BrN2O3. The van der Waals surface area contributed by atoms with Crippen LogP contribution in [0, 0.1) is 0 Å². The molecule has 0 atom stereocenters. The number of morpholine rings is 1. The highest BCUT2D eigenvalue weighted by Crippen LogP contribution is 2.32. The Morgan fingerprint density at radius 1 is 1.21 bits per heavy atom. The Balaban J connectivity index is 1.46. The van der Waals surface area contributed by atoms with Crippen LogP contribution in [-0.4, -0.2) is 56.8 Å². The first-order chi connectivity index (χ1) is 11.7. The van der Waals surface area contributed by atoms with E-state index >= 15 is 0 Å². The maximum Gasteiger partial charge on any atom is 0.257 e. The minimum absolute atomic E-state index is 0.0139.